The number of carbonyl (C=O) groups is 2. The number of nitrogens with one attached hydrogen (secondary N) is 2. The molecule has 2 unspecified atom stereocenters. The molecule has 4 rings (SSSR count). The number of amides is 2. The summed E-state index contributed by atoms with van der Waals surface area (Å²) in [5, 5.41) is 5.82. The van der Waals surface area contributed by atoms with E-state index in [1.54, 1.807) is 12.4 Å². The smallest absolute Gasteiger partial charge is 0.228 e. The van der Waals surface area contributed by atoms with Crippen LogP contribution >= 0.6 is 0 Å². The first-order chi connectivity index (χ1) is 13.2. The van der Waals surface area contributed by atoms with E-state index in [1.165, 1.54) is 18.5 Å². The summed E-state index contributed by atoms with van der Waals surface area (Å²) in [4.78, 5) is 31.0. The topological polar surface area (TPSA) is 74.3 Å². The van der Waals surface area contributed by atoms with Gasteiger partial charge in [0.15, 0.2) is 0 Å². The summed E-state index contributed by atoms with van der Waals surface area (Å²) in [5.74, 6) is -0.614. The fourth-order valence-corrected chi connectivity index (χ4v) is 3.56. The Bertz CT molecular complexity index is 801. The van der Waals surface area contributed by atoms with Gasteiger partial charge in [-0.1, -0.05) is 6.07 Å². The lowest BCUT2D eigenvalue weighted by Gasteiger charge is -2.17. The van der Waals surface area contributed by atoms with Gasteiger partial charge in [-0.25, -0.2) is 0 Å². The lowest BCUT2D eigenvalue weighted by atomic mass is 10.2. The van der Waals surface area contributed by atoms with E-state index in [9.17, 15) is 9.59 Å². The molecule has 6 nitrogen and oxygen atoms in total. The molecule has 2 N–H and O–H groups in total. The molecule has 1 aliphatic heterocycles. The number of hydrogen-bond acceptors (Lipinski definition) is 4. The van der Waals surface area contributed by atoms with Crippen LogP contribution in [0.25, 0.3) is 0 Å². The summed E-state index contributed by atoms with van der Waals surface area (Å²) in [5.41, 5.74) is 2.93. The van der Waals surface area contributed by atoms with Gasteiger partial charge < -0.3 is 15.5 Å². The van der Waals surface area contributed by atoms with Crippen molar-refractivity contribution in [2.45, 2.75) is 25.8 Å². The van der Waals surface area contributed by atoms with Gasteiger partial charge in [-0.05, 0) is 55.2 Å². The number of pyridine rings is 1. The monoisotopic (exact) mass is 364 g/mol. The molecule has 1 saturated heterocycles. The molecule has 2 atom stereocenters. The Labute approximate surface area is 159 Å². The van der Waals surface area contributed by atoms with Gasteiger partial charge in [0.1, 0.15) is 0 Å². The number of anilines is 2. The van der Waals surface area contributed by atoms with Crippen molar-refractivity contribution in [3.63, 3.8) is 0 Å². The third-order valence-electron chi connectivity index (χ3n) is 5.26. The molecule has 1 saturated carbocycles. The second kappa shape index (κ2) is 7.78. The maximum atomic E-state index is 12.4. The summed E-state index contributed by atoms with van der Waals surface area (Å²) >= 11 is 0. The molecule has 2 amide bonds. The van der Waals surface area contributed by atoms with Crippen LogP contribution < -0.4 is 15.5 Å². The van der Waals surface area contributed by atoms with Crippen LogP contribution in [0, 0.1) is 11.8 Å². The molecule has 6 heteroatoms. The maximum Gasteiger partial charge on any atom is 0.228 e. The quantitative estimate of drug-likeness (QED) is 0.826. The van der Waals surface area contributed by atoms with Crippen molar-refractivity contribution in [1.29, 1.82) is 0 Å². The second-order valence-corrected chi connectivity index (χ2v) is 7.26. The van der Waals surface area contributed by atoms with E-state index in [4.69, 9.17) is 0 Å². The van der Waals surface area contributed by atoms with Crippen LogP contribution in [0.3, 0.4) is 0 Å². The molecule has 0 spiro atoms. The van der Waals surface area contributed by atoms with Gasteiger partial charge in [0.2, 0.25) is 11.8 Å². The zero-order valence-electron chi connectivity index (χ0n) is 15.2. The average Bonchev–Trinajstić information content (AvgIpc) is 3.33. The lowest BCUT2D eigenvalue weighted by molar-refractivity contribution is -0.125. The van der Waals surface area contributed by atoms with Crippen LogP contribution in [0.15, 0.2) is 48.8 Å². The van der Waals surface area contributed by atoms with Gasteiger partial charge in [0.05, 0.1) is 11.8 Å². The van der Waals surface area contributed by atoms with E-state index >= 15 is 0 Å². The fourth-order valence-electron chi connectivity index (χ4n) is 3.56. The van der Waals surface area contributed by atoms with E-state index in [2.05, 4.69) is 20.5 Å². The highest BCUT2D eigenvalue weighted by atomic mass is 16.2. The molecule has 27 heavy (non-hydrogen) atoms. The molecule has 0 bridgehead atoms. The van der Waals surface area contributed by atoms with Crippen molar-refractivity contribution in [3.8, 4) is 0 Å². The predicted octanol–water partition coefficient (Wildman–Crippen LogP) is 2.57. The van der Waals surface area contributed by atoms with E-state index in [0.29, 0.717) is 13.0 Å². The van der Waals surface area contributed by atoms with Crippen molar-refractivity contribution in [3.05, 3.63) is 54.4 Å². The molecular weight excluding hydrogens is 340 g/mol. The van der Waals surface area contributed by atoms with Crippen LogP contribution in [0.5, 0.6) is 0 Å². The Morgan fingerprint density at radius 3 is 2.48 bits per heavy atom. The average molecular weight is 364 g/mol. The maximum absolute atomic E-state index is 12.4. The van der Waals surface area contributed by atoms with Gasteiger partial charge in [0.25, 0.3) is 0 Å². The Morgan fingerprint density at radius 1 is 1.04 bits per heavy atom. The van der Waals surface area contributed by atoms with Gasteiger partial charge in [-0.3, -0.25) is 14.6 Å². The Morgan fingerprint density at radius 2 is 1.78 bits per heavy atom. The third kappa shape index (κ3) is 4.27. The first-order valence-corrected chi connectivity index (χ1v) is 9.53. The third-order valence-corrected chi connectivity index (χ3v) is 5.26. The lowest BCUT2D eigenvalue weighted by Crippen LogP contribution is -2.27. The molecule has 1 aliphatic carbocycles. The fraction of sp³-hybridized carbons (Fsp3) is 0.381. The summed E-state index contributed by atoms with van der Waals surface area (Å²) < 4.78 is 0. The van der Waals surface area contributed by atoms with Crippen molar-refractivity contribution >= 4 is 23.2 Å². The zero-order valence-corrected chi connectivity index (χ0v) is 15.2. The predicted molar refractivity (Wildman–Crippen MR) is 104 cm³/mol. The number of aromatic nitrogens is 1. The second-order valence-electron chi connectivity index (χ2n) is 7.26. The van der Waals surface area contributed by atoms with Gasteiger partial charge in [0, 0.05) is 43.4 Å². The molecule has 2 heterocycles. The molecule has 2 fully saturated rings. The number of rotatable bonds is 6. The van der Waals surface area contributed by atoms with E-state index in [1.807, 2.05) is 36.4 Å². The highest BCUT2D eigenvalue weighted by Crippen LogP contribution is 2.39. The Hall–Kier alpha value is -2.89. The molecule has 1 aromatic heterocycles. The molecule has 2 aliphatic rings. The van der Waals surface area contributed by atoms with E-state index in [-0.39, 0.29) is 23.7 Å². The normalized spacial score (nSPS) is 21.0. The van der Waals surface area contributed by atoms with Gasteiger partial charge in [-0.15, -0.1) is 0 Å². The highest BCUT2D eigenvalue weighted by Gasteiger charge is 2.47. The number of nitrogens with zero attached hydrogens (tertiary/aromatic N) is 2. The van der Waals surface area contributed by atoms with Crippen molar-refractivity contribution < 1.29 is 9.59 Å². The largest absolute Gasteiger partial charge is 0.372 e. The van der Waals surface area contributed by atoms with Crippen LogP contribution in [-0.4, -0.2) is 29.9 Å². The SMILES string of the molecule is O=C(NCc1cccnc1)C1CC1C(=O)Nc1ccc(N2CCCC2)cc1. The minimum absolute atomic E-state index is 0.0663. The molecule has 1 aromatic carbocycles. The number of carbonyl (C=O) groups excluding carboxylic acids is 2. The van der Waals surface area contributed by atoms with E-state index < -0.39 is 0 Å². The van der Waals surface area contributed by atoms with Crippen molar-refractivity contribution in [2.24, 2.45) is 11.8 Å². The first-order valence-electron chi connectivity index (χ1n) is 9.53. The highest BCUT2D eigenvalue weighted by molar-refractivity contribution is 5.99. The zero-order chi connectivity index (χ0) is 18.6. The summed E-state index contributed by atoms with van der Waals surface area (Å²) in [6, 6.07) is 11.7. The van der Waals surface area contributed by atoms with Gasteiger partial charge >= 0.3 is 0 Å². The van der Waals surface area contributed by atoms with Crippen LogP contribution in [0.4, 0.5) is 11.4 Å². The minimum Gasteiger partial charge on any atom is -0.372 e. The molecule has 2 aromatic rings. The standard InChI is InChI=1S/C21H24N4O2/c26-20(23-14-15-4-3-9-22-13-15)18-12-19(18)21(27)24-16-5-7-17(8-6-16)25-10-1-2-11-25/h3-9,13,18-19H,1-2,10-12,14H2,(H,23,26)(H,24,27). The number of benzene rings is 1. The van der Waals surface area contributed by atoms with Crippen LogP contribution in [-0.2, 0) is 16.1 Å². The van der Waals surface area contributed by atoms with Crippen molar-refractivity contribution in [1.82, 2.24) is 10.3 Å². The van der Waals surface area contributed by atoms with Gasteiger partial charge in [-0.2, -0.15) is 0 Å². The van der Waals surface area contributed by atoms with Crippen LogP contribution in [0.2, 0.25) is 0 Å². The molecule has 0 radical (unpaired) electrons. The molecular formula is C21H24N4O2. The Kier molecular flexibility index (Phi) is 5.05. The summed E-state index contributed by atoms with van der Waals surface area (Å²) in [7, 11) is 0. The summed E-state index contributed by atoms with van der Waals surface area (Å²) in [6.45, 7) is 2.64. The van der Waals surface area contributed by atoms with Crippen LogP contribution in [0.1, 0.15) is 24.8 Å². The number of hydrogen-bond donors (Lipinski definition) is 2. The van der Waals surface area contributed by atoms with Crippen molar-refractivity contribution in [2.75, 3.05) is 23.3 Å². The Balaban J connectivity index is 1.25. The molecule has 140 valence electrons. The van der Waals surface area contributed by atoms with E-state index in [0.717, 1.165) is 24.3 Å². The minimum atomic E-state index is -0.239. The summed E-state index contributed by atoms with van der Waals surface area (Å²) in [6.07, 6.45) is 6.51. The first kappa shape index (κ1) is 17.5.